The highest BCUT2D eigenvalue weighted by atomic mass is 35.5. The van der Waals surface area contributed by atoms with Gasteiger partial charge >= 0.3 is 5.38 Å². The molecule has 10 heteroatoms. The van der Waals surface area contributed by atoms with E-state index in [9.17, 15) is 17.2 Å². The molecule has 0 bridgehead atoms. The van der Waals surface area contributed by atoms with Crippen molar-refractivity contribution < 1.29 is 17.2 Å². The van der Waals surface area contributed by atoms with Gasteiger partial charge in [-0.25, -0.2) is 18.1 Å². The van der Waals surface area contributed by atoms with E-state index in [0.29, 0.717) is 16.3 Å². The van der Waals surface area contributed by atoms with Crippen LogP contribution in [0.2, 0.25) is 5.02 Å². The van der Waals surface area contributed by atoms with Crippen LogP contribution < -0.4 is 0 Å². The fourth-order valence-electron chi connectivity index (χ4n) is 2.24. The second-order valence-corrected chi connectivity index (χ2v) is 8.38. The maximum Gasteiger partial charge on any atom is 0.366 e. The van der Waals surface area contributed by atoms with Gasteiger partial charge in [0.15, 0.2) is 15.7 Å². The molecule has 0 amide bonds. The molecule has 0 unspecified atom stereocenters. The molecule has 2 heterocycles. The van der Waals surface area contributed by atoms with Crippen LogP contribution in [0.1, 0.15) is 5.69 Å². The van der Waals surface area contributed by atoms with Gasteiger partial charge < -0.3 is 0 Å². The molecule has 0 aliphatic carbocycles. The lowest BCUT2D eigenvalue weighted by atomic mass is 10.1. The molecule has 0 atom stereocenters. The number of aromatic nitrogens is 3. The standard InChI is InChI=1S/C16H11Cl2F2N3O2S/c1-26(24,25)12-6-7-15(21-9-12)23-13(8-14(22-23)16(18,19)20)10-2-4-11(17)5-3-10/h2-9H,1H3. The normalized spacial score (nSPS) is 12.3. The number of benzene rings is 1. The summed E-state index contributed by atoms with van der Waals surface area (Å²) in [5, 5.41) is 0.649. The Kier molecular flexibility index (Phi) is 4.76. The molecule has 2 aromatic heterocycles. The predicted octanol–water partition coefficient (Wildman–Crippen LogP) is 4.28. The van der Waals surface area contributed by atoms with E-state index in [-0.39, 0.29) is 10.7 Å². The van der Waals surface area contributed by atoms with E-state index in [1.54, 1.807) is 24.3 Å². The molecule has 5 nitrogen and oxygen atoms in total. The van der Waals surface area contributed by atoms with Gasteiger partial charge in [-0.05, 0) is 41.9 Å². The van der Waals surface area contributed by atoms with E-state index in [1.165, 1.54) is 16.8 Å². The summed E-state index contributed by atoms with van der Waals surface area (Å²) in [6.07, 6.45) is 2.18. The monoisotopic (exact) mass is 417 g/mol. The van der Waals surface area contributed by atoms with Crippen molar-refractivity contribution >= 4 is 33.0 Å². The number of rotatable bonds is 4. The van der Waals surface area contributed by atoms with Crippen LogP contribution in [-0.2, 0) is 15.2 Å². The molecule has 3 rings (SSSR count). The van der Waals surface area contributed by atoms with Crippen LogP contribution in [0, 0.1) is 0 Å². The molecule has 136 valence electrons. The largest absolute Gasteiger partial charge is 0.366 e. The van der Waals surface area contributed by atoms with E-state index >= 15 is 0 Å². The summed E-state index contributed by atoms with van der Waals surface area (Å²) in [5.74, 6) is 0.162. The summed E-state index contributed by atoms with van der Waals surface area (Å²) in [5.41, 5.74) is 0.206. The van der Waals surface area contributed by atoms with Crippen LogP contribution in [0.4, 0.5) is 8.78 Å². The third-order valence-corrected chi connectivity index (χ3v) is 5.05. The Bertz CT molecular complexity index is 1040. The minimum atomic E-state index is -3.67. The number of nitrogens with zero attached hydrogens (tertiary/aromatic N) is 3. The maximum atomic E-state index is 13.5. The Balaban J connectivity index is 2.16. The average Bonchev–Trinajstić information content (AvgIpc) is 3.00. The molecule has 0 aliphatic rings. The summed E-state index contributed by atoms with van der Waals surface area (Å²) in [4.78, 5) is 4.03. The molecule has 0 fully saturated rings. The lowest BCUT2D eigenvalue weighted by Gasteiger charge is -2.07. The van der Waals surface area contributed by atoms with E-state index < -0.39 is 20.9 Å². The highest BCUT2D eigenvalue weighted by Gasteiger charge is 2.33. The van der Waals surface area contributed by atoms with E-state index in [2.05, 4.69) is 10.1 Å². The first-order chi connectivity index (χ1) is 12.1. The molecule has 0 spiro atoms. The van der Waals surface area contributed by atoms with Crippen molar-refractivity contribution in [2.75, 3.05) is 6.26 Å². The number of halogens is 4. The van der Waals surface area contributed by atoms with Gasteiger partial charge in [-0.15, -0.1) is 0 Å². The third kappa shape index (κ3) is 3.87. The molecule has 26 heavy (non-hydrogen) atoms. The summed E-state index contributed by atoms with van der Waals surface area (Å²) >= 11 is 11.0. The van der Waals surface area contributed by atoms with Gasteiger partial charge in [0, 0.05) is 23.0 Å². The van der Waals surface area contributed by atoms with Crippen molar-refractivity contribution in [3.05, 3.63) is 59.4 Å². The first-order valence-corrected chi connectivity index (χ1v) is 9.80. The molecular formula is C16H11Cl2F2N3O2S. The lowest BCUT2D eigenvalue weighted by Crippen LogP contribution is -2.07. The molecular weight excluding hydrogens is 407 g/mol. The second kappa shape index (κ2) is 6.61. The molecule has 1 aromatic carbocycles. The molecule has 0 radical (unpaired) electrons. The fourth-order valence-corrected chi connectivity index (χ4v) is 3.02. The zero-order valence-corrected chi connectivity index (χ0v) is 15.5. The summed E-state index contributed by atoms with van der Waals surface area (Å²) in [6, 6.07) is 10.3. The molecule has 0 saturated heterocycles. The summed E-state index contributed by atoms with van der Waals surface area (Å²) < 4.78 is 51.3. The van der Waals surface area contributed by atoms with Crippen LogP contribution in [0.3, 0.4) is 0 Å². The number of pyridine rings is 1. The zero-order chi connectivity index (χ0) is 19.1. The van der Waals surface area contributed by atoms with Crippen molar-refractivity contribution in [2.24, 2.45) is 0 Å². The number of hydrogen-bond acceptors (Lipinski definition) is 4. The first kappa shape index (κ1) is 18.8. The third-order valence-electron chi connectivity index (χ3n) is 3.51. The topological polar surface area (TPSA) is 64.8 Å². The smallest absolute Gasteiger partial charge is 0.236 e. The van der Waals surface area contributed by atoms with Crippen LogP contribution in [-0.4, -0.2) is 29.4 Å². The van der Waals surface area contributed by atoms with Gasteiger partial charge in [0.2, 0.25) is 0 Å². The Morgan fingerprint density at radius 2 is 1.77 bits per heavy atom. The van der Waals surface area contributed by atoms with Crippen molar-refractivity contribution in [2.45, 2.75) is 10.3 Å². The van der Waals surface area contributed by atoms with Crippen LogP contribution >= 0.6 is 23.2 Å². The second-order valence-electron chi connectivity index (χ2n) is 5.46. The van der Waals surface area contributed by atoms with Gasteiger partial charge in [0.05, 0.1) is 10.6 Å². The number of sulfone groups is 1. The Labute approximate surface area is 158 Å². The van der Waals surface area contributed by atoms with E-state index in [0.717, 1.165) is 18.5 Å². The molecule has 0 saturated carbocycles. The fraction of sp³-hybridized carbons (Fsp3) is 0.125. The van der Waals surface area contributed by atoms with Gasteiger partial charge in [0.25, 0.3) is 0 Å². The first-order valence-electron chi connectivity index (χ1n) is 7.15. The number of alkyl halides is 3. The maximum absolute atomic E-state index is 13.5. The van der Waals surface area contributed by atoms with Crippen LogP contribution in [0.25, 0.3) is 17.1 Å². The predicted molar refractivity (Wildman–Crippen MR) is 94.7 cm³/mol. The van der Waals surface area contributed by atoms with Crippen molar-refractivity contribution in [1.29, 1.82) is 0 Å². The number of hydrogen-bond donors (Lipinski definition) is 0. The minimum absolute atomic E-state index is 0.00402. The lowest BCUT2D eigenvalue weighted by molar-refractivity contribution is 0.0895. The average molecular weight is 418 g/mol. The van der Waals surface area contributed by atoms with Crippen molar-refractivity contribution in [1.82, 2.24) is 14.8 Å². The minimum Gasteiger partial charge on any atom is -0.236 e. The SMILES string of the molecule is CS(=O)(=O)c1ccc(-n2nc(C(F)(F)Cl)cc2-c2ccc(Cl)cc2)nc1. The molecule has 0 aliphatic heterocycles. The van der Waals surface area contributed by atoms with Gasteiger partial charge in [-0.1, -0.05) is 23.7 Å². The highest BCUT2D eigenvalue weighted by molar-refractivity contribution is 7.90. The zero-order valence-electron chi connectivity index (χ0n) is 13.2. The Hall–Kier alpha value is -2.03. The Morgan fingerprint density at radius 3 is 2.27 bits per heavy atom. The van der Waals surface area contributed by atoms with Gasteiger partial charge in [-0.3, -0.25) is 0 Å². The summed E-state index contributed by atoms with van der Waals surface area (Å²) in [6.45, 7) is 0. The summed E-state index contributed by atoms with van der Waals surface area (Å²) in [7, 11) is -3.43. The van der Waals surface area contributed by atoms with Crippen LogP contribution in [0.15, 0.2) is 53.6 Å². The Morgan fingerprint density at radius 1 is 1.12 bits per heavy atom. The van der Waals surface area contributed by atoms with Crippen molar-refractivity contribution in [3.63, 3.8) is 0 Å². The van der Waals surface area contributed by atoms with E-state index in [4.69, 9.17) is 23.2 Å². The molecule has 0 N–H and O–H groups in total. The van der Waals surface area contributed by atoms with Gasteiger partial charge in [-0.2, -0.15) is 13.9 Å². The van der Waals surface area contributed by atoms with Gasteiger partial charge in [0.1, 0.15) is 5.69 Å². The van der Waals surface area contributed by atoms with E-state index in [1.807, 2.05) is 0 Å². The van der Waals surface area contributed by atoms with Crippen molar-refractivity contribution in [3.8, 4) is 17.1 Å². The molecule has 3 aromatic rings. The quantitative estimate of drug-likeness (QED) is 0.594. The van der Waals surface area contributed by atoms with Crippen LogP contribution in [0.5, 0.6) is 0 Å². The highest BCUT2D eigenvalue weighted by Crippen LogP contribution is 2.35.